The molecule has 0 bridgehead atoms. The highest BCUT2D eigenvalue weighted by Crippen LogP contribution is 2.19. The maximum absolute atomic E-state index is 5.75. The second-order valence-corrected chi connectivity index (χ2v) is 5.37. The van der Waals surface area contributed by atoms with Gasteiger partial charge in [0.25, 0.3) is 0 Å². The Labute approximate surface area is 93.2 Å². The smallest absolute Gasteiger partial charge is 0.0678 e. The molecule has 0 spiro atoms. The summed E-state index contributed by atoms with van der Waals surface area (Å²) < 4.78 is 5.75. The van der Waals surface area contributed by atoms with Crippen molar-refractivity contribution < 1.29 is 4.74 Å². The number of hydrogen-bond donors (Lipinski definition) is 1. The van der Waals surface area contributed by atoms with E-state index in [0.29, 0.717) is 12.2 Å². The average molecular weight is 212 g/mol. The van der Waals surface area contributed by atoms with Crippen LogP contribution in [-0.4, -0.2) is 49.8 Å². The Bertz CT molecular complexity index is 200. The van der Waals surface area contributed by atoms with Gasteiger partial charge in [-0.3, -0.25) is 4.90 Å². The third kappa shape index (κ3) is 2.92. The molecule has 2 fully saturated rings. The molecule has 15 heavy (non-hydrogen) atoms. The molecule has 0 aliphatic carbocycles. The van der Waals surface area contributed by atoms with Gasteiger partial charge in [-0.25, -0.2) is 0 Å². The van der Waals surface area contributed by atoms with Gasteiger partial charge < -0.3 is 10.1 Å². The van der Waals surface area contributed by atoms with E-state index in [1.165, 1.54) is 19.6 Å². The quantitative estimate of drug-likeness (QED) is 0.737. The molecular formula is C12H24N2O. The lowest BCUT2D eigenvalue weighted by molar-refractivity contribution is -0.0718. The number of nitrogens with one attached hydrogen (secondary N) is 1. The minimum Gasteiger partial charge on any atom is -0.373 e. The van der Waals surface area contributed by atoms with E-state index in [-0.39, 0.29) is 0 Å². The molecule has 2 unspecified atom stereocenters. The van der Waals surface area contributed by atoms with Crippen LogP contribution in [0.15, 0.2) is 0 Å². The summed E-state index contributed by atoms with van der Waals surface area (Å²) in [5, 5.41) is 3.48. The van der Waals surface area contributed by atoms with Crippen molar-refractivity contribution in [1.82, 2.24) is 10.2 Å². The maximum Gasteiger partial charge on any atom is 0.0678 e. The van der Waals surface area contributed by atoms with Crippen molar-refractivity contribution in [3.05, 3.63) is 0 Å². The third-order valence-electron chi connectivity index (χ3n) is 3.67. The van der Waals surface area contributed by atoms with Gasteiger partial charge >= 0.3 is 0 Å². The van der Waals surface area contributed by atoms with E-state index in [9.17, 15) is 0 Å². The van der Waals surface area contributed by atoms with Crippen LogP contribution in [0.2, 0.25) is 0 Å². The molecule has 0 aromatic carbocycles. The Morgan fingerprint density at radius 2 is 1.80 bits per heavy atom. The number of ether oxygens (including phenoxy) is 1. The third-order valence-corrected chi connectivity index (χ3v) is 3.67. The van der Waals surface area contributed by atoms with Crippen molar-refractivity contribution in [3.63, 3.8) is 0 Å². The van der Waals surface area contributed by atoms with Gasteiger partial charge in [-0.1, -0.05) is 6.92 Å². The predicted molar refractivity (Wildman–Crippen MR) is 62.0 cm³/mol. The molecule has 0 aromatic rings. The first kappa shape index (κ1) is 11.4. The SMILES string of the molecule is CC1CNCC1CN1C[C@@H](C)O[C@@H](C)C1. The van der Waals surface area contributed by atoms with Crippen LogP contribution < -0.4 is 5.32 Å². The summed E-state index contributed by atoms with van der Waals surface area (Å²) in [6.07, 6.45) is 0.803. The fourth-order valence-corrected chi connectivity index (χ4v) is 2.87. The van der Waals surface area contributed by atoms with E-state index < -0.39 is 0 Å². The van der Waals surface area contributed by atoms with E-state index >= 15 is 0 Å². The minimum absolute atomic E-state index is 0.401. The highest BCUT2D eigenvalue weighted by atomic mass is 16.5. The predicted octanol–water partition coefficient (Wildman–Crippen LogP) is 0.951. The van der Waals surface area contributed by atoms with Crippen LogP contribution in [0.1, 0.15) is 20.8 Å². The van der Waals surface area contributed by atoms with Crippen LogP contribution in [0, 0.1) is 11.8 Å². The van der Waals surface area contributed by atoms with Crippen molar-refractivity contribution in [3.8, 4) is 0 Å². The Balaban J connectivity index is 1.83. The number of nitrogens with zero attached hydrogens (tertiary/aromatic N) is 1. The van der Waals surface area contributed by atoms with Crippen molar-refractivity contribution >= 4 is 0 Å². The van der Waals surface area contributed by atoms with E-state index in [2.05, 4.69) is 31.0 Å². The lowest BCUT2D eigenvalue weighted by atomic mass is 9.97. The first-order valence-corrected chi connectivity index (χ1v) is 6.23. The summed E-state index contributed by atoms with van der Waals surface area (Å²) in [5.41, 5.74) is 0. The molecule has 2 heterocycles. The molecule has 2 rings (SSSR count). The van der Waals surface area contributed by atoms with Crippen molar-refractivity contribution in [1.29, 1.82) is 0 Å². The van der Waals surface area contributed by atoms with E-state index in [1.807, 2.05) is 0 Å². The Hall–Kier alpha value is -0.120. The van der Waals surface area contributed by atoms with Gasteiger partial charge in [0, 0.05) is 19.6 Å². The second-order valence-electron chi connectivity index (χ2n) is 5.37. The van der Waals surface area contributed by atoms with Crippen LogP contribution in [0.5, 0.6) is 0 Å². The van der Waals surface area contributed by atoms with E-state index in [4.69, 9.17) is 4.74 Å². The summed E-state index contributed by atoms with van der Waals surface area (Å²) >= 11 is 0. The summed E-state index contributed by atoms with van der Waals surface area (Å²) in [5.74, 6) is 1.67. The lowest BCUT2D eigenvalue weighted by Crippen LogP contribution is -2.47. The highest BCUT2D eigenvalue weighted by Gasteiger charge is 2.28. The first-order valence-electron chi connectivity index (χ1n) is 6.23. The summed E-state index contributed by atoms with van der Waals surface area (Å²) in [4.78, 5) is 2.58. The monoisotopic (exact) mass is 212 g/mol. The van der Waals surface area contributed by atoms with Gasteiger partial charge in [-0.15, -0.1) is 0 Å². The highest BCUT2D eigenvalue weighted by molar-refractivity contribution is 4.83. The van der Waals surface area contributed by atoms with Gasteiger partial charge in [0.05, 0.1) is 12.2 Å². The summed E-state index contributed by atoms with van der Waals surface area (Å²) in [7, 11) is 0. The molecule has 4 atom stereocenters. The first-order chi connectivity index (χ1) is 7.15. The summed E-state index contributed by atoms with van der Waals surface area (Å²) in [6, 6.07) is 0. The van der Waals surface area contributed by atoms with Gasteiger partial charge in [-0.05, 0) is 38.8 Å². The zero-order valence-electron chi connectivity index (χ0n) is 10.2. The number of hydrogen-bond acceptors (Lipinski definition) is 3. The molecule has 88 valence electrons. The van der Waals surface area contributed by atoms with Crippen molar-refractivity contribution in [2.24, 2.45) is 11.8 Å². The molecule has 3 nitrogen and oxygen atoms in total. The van der Waals surface area contributed by atoms with E-state index in [0.717, 1.165) is 24.9 Å². The molecular weight excluding hydrogens is 188 g/mol. The minimum atomic E-state index is 0.401. The van der Waals surface area contributed by atoms with Gasteiger partial charge in [-0.2, -0.15) is 0 Å². The molecule has 0 saturated carbocycles. The fraction of sp³-hybridized carbons (Fsp3) is 1.00. The Kier molecular flexibility index (Phi) is 3.65. The summed E-state index contributed by atoms with van der Waals surface area (Å²) in [6.45, 7) is 12.6. The average Bonchev–Trinajstić information content (AvgIpc) is 2.50. The van der Waals surface area contributed by atoms with Gasteiger partial charge in [0.15, 0.2) is 0 Å². The molecule has 0 aromatic heterocycles. The fourth-order valence-electron chi connectivity index (χ4n) is 2.87. The van der Waals surface area contributed by atoms with Crippen molar-refractivity contribution in [2.45, 2.75) is 33.0 Å². The topological polar surface area (TPSA) is 24.5 Å². The second kappa shape index (κ2) is 4.81. The largest absolute Gasteiger partial charge is 0.373 e. The zero-order valence-corrected chi connectivity index (χ0v) is 10.2. The van der Waals surface area contributed by atoms with Crippen LogP contribution in [0.4, 0.5) is 0 Å². The molecule has 2 saturated heterocycles. The van der Waals surface area contributed by atoms with Crippen LogP contribution in [0.25, 0.3) is 0 Å². The molecule has 3 heteroatoms. The van der Waals surface area contributed by atoms with Crippen LogP contribution in [0.3, 0.4) is 0 Å². The van der Waals surface area contributed by atoms with Crippen LogP contribution >= 0.6 is 0 Å². The number of rotatable bonds is 2. The number of morpholine rings is 1. The maximum atomic E-state index is 5.75. The van der Waals surface area contributed by atoms with E-state index in [1.54, 1.807) is 0 Å². The normalized spacial score (nSPS) is 43.4. The lowest BCUT2D eigenvalue weighted by Gasteiger charge is -2.37. The Morgan fingerprint density at radius 1 is 1.13 bits per heavy atom. The molecule has 2 aliphatic rings. The van der Waals surface area contributed by atoms with Gasteiger partial charge in [0.2, 0.25) is 0 Å². The standard InChI is InChI=1S/C12H24N2O/c1-9-4-13-5-12(9)8-14-6-10(2)15-11(3)7-14/h9-13H,4-8H2,1-3H3/t9?,10-,11+,12?. The van der Waals surface area contributed by atoms with Gasteiger partial charge in [0.1, 0.15) is 0 Å². The molecule has 2 aliphatic heterocycles. The van der Waals surface area contributed by atoms with Crippen LogP contribution in [-0.2, 0) is 4.74 Å². The molecule has 0 amide bonds. The molecule has 0 radical (unpaired) electrons. The zero-order chi connectivity index (χ0) is 10.8. The van der Waals surface area contributed by atoms with Crippen molar-refractivity contribution in [2.75, 3.05) is 32.7 Å². The molecule has 1 N–H and O–H groups in total. The Morgan fingerprint density at radius 3 is 2.33 bits per heavy atom.